The van der Waals surface area contributed by atoms with Gasteiger partial charge in [0.2, 0.25) is 0 Å². The molecular weight excluding hydrogens is 239 g/mol. The van der Waals surface area contributed by atoms with Gasteiger partial charge >= 0.3 is 0 Å². The van der Waals surface area contributed by atoms with Crippen molar-refractivity contribution in [3.05, 3.63) is 58.2 Å². The van der Waals surface area contributed by atoms with E-state index < -0.39 is 6.17 Å². The lowest BCUT2D eigenvalue weighted by Gasteiger charge is -2.23. The third kappa shape index (κ3) is 2.83. The Morgan fingerprint density at radius 3 is 2.26 bits per heavy atom. The highest BCUT2D eigenvalue weighted by Crippen LogP contribution is 2.34. The summed E-state index contributed by atoms with van der Waals surface area (Å²) in [6.07, 6.45) is 0.0892. The predicted molar refractivity (Wildman–Crippen MR) is 76.0 cm³/mol. The van der Waals surface area contributed by atoms with Crippen molar-refractivity contribution in [2.75, 3.05) is 0 Å². The van der Waals surface area contributed by atoms with E-state index in [4.69, 9.17) is 0 Å². The Morgan fingerprint density at radius 2 is 1.68 bits per heavy atom. The number of carbonyl (C=O) groups excluding carboxylic acids is 1. The van der Waals surface area contributed by atoms with Gasteiger partial charge in [-0.1, -0.05) is 41.5 Å². The molecule has 19 heavy (non-hydrogen) atoms. The van der Waals surface area contributed by atoms with E-state index in [1.165, 1.54) is 18.1 Å². The average Bonchev–Trinajstić information content (AvgIpc) is 2.41. The second kappa shape index (κ2) is 5.52. The molecule has 2 rings (SSSR count). The van der Waals surface area contributed by atoms with Gasteiger partial charge < -0.3 is 0 Å². The molecule has 1 aliphatic carbocycles. The smallest absolute Gasteiger partial charge is 0.189 e. The van der Waals surface area contributed by atoms with Gasteiger partial charge in [0.05, 0.1) is 0 Å². The molecule has 0 spiro atoms. The molecule has 0 heterocycles. The maximum Gasteiger partial charge on any atom is 0.189 e. The van der Waals surface area contributed by atoms with Crippen molar-refractivity contribution in [2.45, 2.75) is 39.8 Å². The van der Waals surface area contributed by atoms with Crippen LogP contribution >= 0.6 is 0 Å². The van der Waals surface area contributed by atoms with Crippen molar-refractivity contribution in [1.29, 1.82) is 0 Å². The first kappa shape index (κ1) is 13.7. The van der Waals surface area contributed by atoms with Gasteiger partial charge in [0, 0.05) is 11.1 Å². The van der Waals surface area contributed by atoms with Crippen LogP contribution in [-0.2, 0) is 0 Å². The van der Waals surface area contributed by atoms with Crippen LogP contribution in [0.25, 0.3) is 0 Å². The number of benzene rings is 1. The highest BCUT2D eigenvalue weighted by Gasteiger charge is 2.25. The molecule has 1 nitrogen and oxygen atoms in total. The lowest BCUT2D eigenvalue weighted by Crippen LogP contribution is -2.16. The summed E-state index contributed by atoms with van der Waals surface area (Å²) in [6, 6.07) is 9.12. The van der Waals surface area contributed by atoms with Gasteiger partial charge in [0.25, 0.3) is 0 Å². The second-order valence-corrected chi connectivity index (χ2v) is 5.23. The summed E-state index contributed by atoms with van der Waals surface area (Å²) < 4.78 is 13.8. The Morgan fingerprint density at radius 1 is 1.11 bits per heavy atom. The quantitative estimate of drug-likeness (QED) is 0.569. The first-order chi connectivity index (χ1) is 9.00. The lowest BCUT2D eigenvalue weighted by atomic mass is 9.82. The van der Waals surface area contributed by atoms with Gasteiger partial charge in [-0.2, -0.15) is 0 Å². The maximum absolute atomic E-state index is 13.8. The summed E-state index contributed by atoms with van der Waals surface area (Å²) >= 11 is 0. The fourth-order valence-corrected chi connectivity index (χ4v) is 2.44. The van der Waals surface area contributed by atoms with E-state index in [9.17, 15) is 9.18 Å². The van der Waals surface area contributed by atoms with Gasteiger partial charge in [-0.3, -0.25) is 4.79 Å². The van der Waals surface area contributed by atoms with E-state index in [-0.39, 0.29) is 5.78 Å². The van der Waals surface area contributed by atoms with Crippen LogP contribution in [0, 0.1) is 0 Å². The van der Waals surface area contributed by atoms with E-state index in [0.29, 0.717) is 29.6 Å². The molecule has 1 aromatic rings. The highest BCUT2D eigenvalue weighted by atomic mass is 19.1. The van der Waals surface area contributed by atoms with Crippen molar-refractivity contribution < 1.29 is 9.18 Å². The Balaban J connectivity index is 2.40. The van der Waals surface area contributed by atoms with Crippen LogP contribution in [0.1, 0.15) is 44.0 Å². The molecule has 1 aromatic carbocycles. The summed E-state index contributed by atoms with van der Waals surface area (Å²) in [5.74, 6) is -0.0352. The molecular formula is C17H19FO. The summed E-state index contributed by atoms with van der Waals surface area (Å²) in [7, 11) is 0. The Bertz CT molecular complexity index is 550. The van der Waals surface area contributed by atoms with Gasteiger partial charge in [-0.05, 0) is 39.2 Å². The molecule has 0 bridgehead atoms. The molecule has 0 fully saturated rings. The molecule has 100 valence electrons. The number of ketones is 1. The first-order valence-electron chi connectivity index (χ1n) is 6.61. The minimum absolute atomic E-state index is 0.0352. The molecule has 0 unspecified atom stereocenters. The molecule has 1 aliphatic rings. The van der Waals surface area contributed by atoms with Crippen LogP contribution < -0.4 is 0 Å². The molecule has 0 aliphatic heterocycles. The maximum atomic E-state index is 13.8. The topological polar surface area (TPSA) is 17.1 Å². The van der Waals surface area contributed by atoms with E-state index in [0.717, 1.165) is 0 Å². The number of Topliss-reactive ketones (excluding diaryl/α,β-unsaturated/α-hetero) is 1. The third-order valence-corrected chi connectivity index (χ3v) is 3.80. The minimum Gasteiger partial charge on any atom is -0.289 e. The Hall–Kier alpha value is -1.70. The zero-order valence-electron chi connectivity index (χ0n) is 11.7. The van der Waals surface area contributed by atoms with Crippen LogP contribution in [0.5, 0.6) is 0 Å². The number of allylic oxidation sites excluding steroid dienone is 4. The number of rotatable bonds is 3. The zero-order chi connectivity index (χ0) is 14.0. The van der Waals surface area contributed by atoms with Crippen molar-refractivity contribution in [3.8, 4) is 0 Å². The molecule has 0 amide bonds. The molecule has 0 saturated heterocycles. The highest BCUT2D eigenvalue weighted by molar-refractivity contribution is 6.09. The second-order valence-electron chi connectivity index (χ2n) is 5.23. The zero-order valence-corrected chi connectivity index (χ0v) is 11.7. The van der Waals surface area contributed by atoms with Crippen molar-refractivity contribution in [1.82, 2.24) is 0 Å². The monoisotopic (exact) mass is 258 g/mol. The van der Waals surface area contributed by atoms with E-state index in [2.05, 4.69) is 0 Å². The van der Waals surface area contributed by atoms with Crippen molar-refractivity contribution in [3.63, 3.8) is 0 Å². The van der Waals surface area contributed by atoms with Crippen LogP contribution in [0.2, 0.25) is 0 Å². The van der Waals surface area contributed by atoms with Gasteiger partial charge in [0.1, 0.15) is 6.17 Å². The fraction of sp³-hybridized carbons (Fsp3) is 0.353. The van der Waals surface area contributed by atoms with E-state index >= 15 is 0 Å². The summed E-state index contributed by atoms with van der Waals surface area (Å²) in [5, 5.41) is 0. The fourth-order valence-electron chi connectivity index (χ4n) is 2.44. The minimum atomic E-state index is -1.06. The summed E-state index contributed by atoms with van der Waals surface area (Å²) in [6.45, 7) is 5.55. The van der Waals surface area contributed by atoms with Gasteiger partial charge in [0.15, 0.2) is 5.78 Å². The molecule has 0 aromatic heterocycles. The number of hydrogen-bond donors (Lipinski definition) is 0. The lowest BCUT2D eigenvalue weighted by molar-refractivity contribution is 0.102. The largest absolute Gasteiger partial charge is 0.289 e. The van der Waals surface area contributed by atoms with E-state index in [1.54, 1.807) is 12.1 Å². The van der Waals surface area contributed by atoms with Crippen LogP contribution in [0.15, 0.2) is 52.6 Å². The standard InChI is InChI=1S/C17H19FO/c1-11-9-15(13(3)18)16(10-12(11)2)17(19)14-7-5-4-6-8-14/h4-8,13H,9-10H2,1-3H3/t13-/m1/s1. The first-order valence-corrected chi connectivity index (χ1v) is 6.61. The molecule has 0 N–H and O–H groups in total. The normalized spacial score (nSPS) is 17.7. The van der Waals surface area contributed by atoms with E-state index in [1.807, 2.05) is 32.0 Å². The Labute approximate surface area is 113 Å². The van der Waals surface area contributed by atoms with Crippen LogP contribution in [0.4, 0.5) is 4.39 Å². The van der Waals surface area contributed by atoms with Crippen LogP contribution in [-0.4, -0.2) is 12.0 Å². The van der Waals surface area contributed by atoms with Crippen molar-refractivity contribution >= 4 is 5.78 Å². The van der Waals surface area contributed by atoms with Gasteiger partial charge in [-0.15, -0.1) is 0 Å². The summed E-state index contributed by atoms with van der Waals surface area (Å²) in [4.78, 5) is 12.5. The number of hydrogen-bond acceptors (Lipinski definition) is 1. The molecule has 2 heteroatoms. The molecule has 1 atom stereocenters. The SMILES string of the molecule is CC1=C(C)CC([C@@H](C)F)=C(C(=O)c2ccccc2)C1. The molecule has 0 saturated carbocycles. The van der Waals surface area contributed by atoms with Crippen molar-refractivity contribution in [2.24, 2.45) is 0 Å². The predicted octanol–water partition coefficient (Wildman–Crippen LogP) is 4.65. The average molecular weight is 258 g/mol. The van der Waals surface area contributed by atoms with Gasteiger partial charge in [-0.25, -0.2) is 4.39 Å². The summed E-state index contributed by atoms with van der Waals surface area (Å²) in [5.41, 5.74) is 4.30. The van der Waals surface area contributed by atoms with Crippen LogP contribution in [0.3, 0.4) is 0 Å². The number of alkyl halides is 1. The molecule has 0 radical (unpaired) electrons. The number of carbonyl (C=O) groups is 1. The third-order valence-electron chi connectivity index (χ3n) is 3.80. The number of halogens is 1. The Kier molecular flexibility index (Phi) is 3.98.